The van der Waals surface area contributed by atoms with Crippen LogP contribution in [0.25, 0.3) is 0 Å². The first-order chi connectivity index (χ1) is 12.9. The fraction of sp³-hybridized carbons (Fsp3) is 0.316. The Morgan fingerprint density at radius 3 is 2.30 bits per heavy atom. The summed E-state index contributed by atoms with van der Waals surface area (Å²) in [4.78, 5) is 14.7. The molecule has 2 aromatic rings. The highest BCUT2D eigenvalue weighted by atomic mass is 32.2. The fourth-order valence-electron chi connectivity index (χ4n) is 3.08. The molecule has 27 heavy (non-hydrogen) atoms. The van der Waals surface area contributed by atoms with Crippen molar-refractivity contribution in [2.75, 3.05) is 32.4 Å². The van der Waals surface area contributed by atoms with Gasteiger partial charge in [-0.05, 0) is 29.8 Å². The predicted octanol–water partition coefficient (Wildman–Crippen LogP) is 1.71. The molecule has 1 fully saturated rings. The lowest BCUT2D eigenvalue weighted by molar-refractivity contribution is 0.0698. The summed E-state index contributed by atoms with van der Waals surface area (Å²) >= 11 is 0. The molecule has 0 radical (unpaired) electrons. The molecule has 3 rings (SSSR count). The van der Waals surface area contributed by atoms with E-state index >= 15 is 0 Å². The molecule has 2 aromatic carbocycles. The molecule has 0 saturated carbocycles. The van der Waals surface area contributed by atoms with E-state index in [2.05, 4.69) is 0 Å². The topological polar surface area (TPSA) is 74.8 Å². The summed E-state index contributed by atoms with van der Waals surface area (Å²) in [5, 5.41) is 0. The zero-order valence-electron chi connectivity index (χ0n) is 15.1. The lowest BCUT2D eigenvalue weighted by atomic mass is 10.1. The van der Waals surface area contributed by atoms with Gasteiger partial charge >= 0.3 is 0 Å². The molecule has 1 atom stereocenters. The summed E-state index contributed by atoms with van der Waals surface area (Å²) in [5.41, 5.74) is 1.39. The Kier molecular flexibility index (Phi) is 6.08. The highest BCUT2D eigenvalue weighted by Crippen LogP contribution is 2.18. The third-order valence-electron chi connectivity index (χ3n) is 4.45. The van der Waals surface area contributed by atoms with Crippen LogP contribution in [0.2, 0.25) is 0 Å². The Balaban J connectivity index is 1.67. The van der Waals surface area contributed by atoms with Crippen LogP contribution in [0, 0.1) is 0 Å². The van der Waals surface area contributed by atoms with Crippen molar-refractivity contribution in [3.63, 3.8) is 0 Å². The van der Waals surface area contributed by atoms with Gasteiger partial charge in [0.15, 0.2) is 0 Å². The summed E-state index contributed by atoms with van der Waals surface area (Å²) < 4.78 is 38.2. The molecule has 144 valence electrons. The second-order valence-corrected chi connectivity index (χ2v) is 9.80. The molecule has 6 nitrogen and oxygen atoms in total. The number of rotatable bonds is 5. The van der Waals surface area contributed by atoms with Gasteiger partial charge in [0.05, 0.1) is 4.90 Å². The number of nitrogens with zero attached hydrogens (tertiary/aromatic N) is 2. The van der Waals surface area contributed by atoms with E-state index < -0.39 is 20.8 Å². The summed E-state index contributed by atoms with van der Waals surface area (Å²) in [7, 11) is -4.51. The van der Waals surface area contributed by atoms with Crippen molar-refractivity contribution < 1.29 is 17.4 Å². The van der Waals surface area contributed by atoms with Gasteiger partial charge in [0.25, 0.3) is 5.91 Å². The number of piperazine rings is 1. The van der Waals surface area contributed by atoms with Crippen molar-refractivity contribution in [1.82, 2.24) is 9.21 Å². The number of sulfonamides is 1. The molecule has 1 amide bonds. The third-order valence-corrected chi connectivity index (χ3v) is 7.10. The van der Waals surface area contributed by atoms with Crippen LogP contribution in [0.4, 0.5) is 0 Å². The maximum Gasteiger partial charge on any atom is 0.253 e. The number of amides is 1. The highest BCUT2D eigenvalue weighted by Gasteiger charge is 2.30. The molecule has 0 N–H and O–H groups in total. The molecule has 0 bridgehead atoms. The van der Waals surface area contributed by atoms with Gasteiger partial charge in [0.1, 0.15) is 0 Å². The smallest absolute Gasteiger partial charge is 0.253 e. The average Bonchev–Trinajstić information content (AvgIpc) is 2.68. The molecule has 0 aromatic heterocycles. The summed E-state index contributed by atoms with van der Waals surface area (Å²) in [6, 6.07) is 15.5. The molecular formula is C19H22N2O4S2. The van der Waals surface area contributed by atoms with Gasteiger partial charge in [0, 0.05) is 54.6 Å². The number of carbonyl (C=O) groups excluding carboxylic acids is 1. The van der Waals surface area contributed by atoms with Crippen molar-refractivity contribution in [2.45, 2.75) is 10.6 Å². The molecule has 1 saturated heterocycles. The van der Waals surface area contributed by atoms with Crippen LogP contribution in [0.1, 0.15) is 15.9 Å². The monoisotopic (exact) mass is 406 g/mol. The standard InChI is InChI=1S/C19H22N2O4S2/c1-26(23)15-16-6-5-7-17(14-16)19(22)20-10-12-21(13-11-20)27(24,25)18-8-3-2-4-9-18/h2-9,14H,10-13,15H2,1H3. The van der Waals surface area contributed by atoms with E-state index in [0.29, 0.717) is 24.4 Å². The first kappa shape index (κ1) is 19.7. The third kappa shape index (κ3) is 4.63. The second-order valence-electron chi connectivity index (χ2n) is 6.43. The summed E-state index contributed by atoms with van der Waals surface area (Å²) in [6.45, 7) is 1.22. The molecule has 1 aliphatic heterocycles. The Morgan fingerprint density at radius 1 is 1.00 bits per heavy atom. The van der Waals surface area contributed by atoms with Crippen LogP contribution in [0.5, 0.6) is 0 Å². The zero-order chi connectivity index (χ0) is 19.4. The van der Waals surface area contributed by atoms with E-state index in [9.17, 15) is 17.4 Å². The minimum absolute atomic E-state index is 0.129. The van der Waals surface area contributed by atoms with Gasteiger partial charge in [-0.2, -0.15) is 4.31 Å². The molecule has 1 unspecified atom stereocenters. The largest absolute Gasteiger partial charge is 0.336 e. The Hall–Kier alpha value is -2.03. The van der Waals surface area contributed by atoms with E-state index in [4.69, 9.17) is 0 Å². The van der Waals surface area contributed by atoms with Gasteiger partial charge in [-0.25, -0.2) is 8.42 Å². The van der Waals surface area contributed by atoms with Crippen molar-refractivity contribution in [1.29, 1.82) is 0 Å². The Morgan fingerprint density at radius 2 is 1.67 bits per heavy atom. The first-order valence-corrected chi connectivity index (χ1v) is 11.8. The van der Waals surface area contributed by atoms with Crippen LogP contribution in [-0.4, -0.2) is 60.2 Å². The molecule has 0 spiro atoms. The van der Waals surface area contributed by atoms with Crippen molar-refractivity contribution in [3.8, 4) is 0 Å². The van der Waals surface area contributed by atoms with E-state index in [1.807, 2.05) is 6.07 Å². The van der Waals surface area contributed by atoms with Crippen LogP contribution in [0.15, 0.2) is 59.5 Å². The second kappa shape index (κ2) is 8.33. The van der Waals surface area contributed by atoms with Crippen LogP contribution >= 0.6 is 0 Å². The predicted molar refractivity (Wildman–Crippen MR) is 105 cm³/mol. The Labute approximate surface area is 162 Å². The van der Waals surface area contributed by atoms with Crippen molar-refractivity contribution >= 4 is 26.7 Å². The average molecular weight is 407 g/mol. The van der Waals surface area contributed by atoms with Gasteiger partial charge in [-0.15, -0.1) is 0 Å². The minimum Gasteiger partial charge on any atom is -0.336 e. The van der Waals surface area contributed by atoms with E-state index in [0.717, 1.165) is 5.56 Å². The lowest BCUT2D eigenvalue weighted by Gasteiger charge is -2.34. The number of hydrogen-bond acceptors (Lipinski definition) is 4. The zero-order valence-corrected chi connectivity index (χ0v) is 16.7. The molecule has 8 heteroatoms. The minimum atomic E-state index is -3.53. The van der Waals surface area contributed by atoms with E-state index in [1.54, 1.807) is 59.7 Å². The Bertz CT molecular complexity index is 937. The normalized spacial score (nSPS) is 16.9. The molecular weight excluding hydrogens is 384 g/mol. The summed E-state index contributed by atoms with van der Waals surface area (Å²) in [6.07, 6.45) is 1.63. The lowest BCUT2D eigenvalue weighted by Crippen LogP contribution is -2.50. The number of hydrogen-bond donors (Lipinski definition) is 0. The number of benzene rings is 2. The molecule has 1 heterocycles. The van der Waals surface area contributed by atoms with Gasteiger partial charge in [-0.1, -0.05) is 30.3 Å². The first-order valence-electron chi connectivity index (χ1n) is 8.61. The molecule has 0 aliphatic carbocycles. The van der Waals surface area contributed by atoms with Crippen LogP contribution in [-0.2, 0) is 26.6 Å². The van der Waals surface area contributed by atoms with Crippen LogP contribution < -0.4 is 0 Å². The van der Waals surface area contributed by atoms with Gasteiger partial charge in [-0.3, -0.25) is 9.00 Å². The number of carbonyl (C=O) groups is 1. The summed E-state index contributed by atoms with van der Waals surface area (Å²) in [5.74, 6) is 0.278. The van der Waals surface area contributed by atoms with Crippen LogP contribution in [0.3, 0.4) is 0 Å². The highest BCUT2D eigenvalue weighted by molar-refractivity contribution is 7.89. The van der Waals surface area contributed by atoms with E-state index in [-0.39, 0.29) is 23.9 Å². The van der Waals surface area contributed by atoms with Gasteiger partial charge < -0.3 is 4.90 Å². The molecule has 1 aliphatic rings. The quantitative estimate of drug-likeness (QED) is 0.758. The maximum atomic E-state index is 12.7. The SMILES string of the molecule is CS(=O)Cc1cccc(C(=O)N2CCN(S(=O)(=O)c3ccccc3)CC2)c1. The fourth-order valence-corrected chi connectivity index (χ4v) is 5.18. The van der Waals surface area contributed by atoms with E-state index in [1.165, 1.54) is 4.31 Å². The van der Waals surface area contributed by atoms with Gasteiger partial charge in [0.2, 0.25) is 10.0 Å². The van der Waals surface area contributed by atoms with Crippen molar-refractivity contribution in [2.24, 2.45) is 0 Å². The van der Waals surface area contributed by atoms with Crippen molar-refractivity contribution in [3.05, 3.63) is 65.7 Å². The maximum absolute atomic E-state index is 12.7.